The molecule has 2 fully saturated rings. The van der Waals surface area contributed by atoms with Crippen molar-refractivity contribution in [3.63, 3.8) is 0 Å². The topological polar surface area (TPSA) is 76.4 Å². The lowest BCUT2D eigenvalue weighted by Gasteiger charge is -2.34. The van der Waals surface area contributed by atoms with Crippen LogP contribution < -0.4 is 5.32 Å². The van der Waals surface area contributed by atoms with Gasteiger partial charge in [-0.05, 0) is 38.5 Å². The highest BCUT2D eigenvalue weighted by Gasteiger charge is 2.23. The molecule has 116 valence electrons. The fraction of sp³-hybridized carbons (Fsp3) is 0.750. The lowest BCUT2D eigenvalue weighted by atomic mass is 10.00. The molecular formula is C16H25N3O2. The van der Waals surface area contributed by atoms with Crippen LogP contribution in [0.15, 0.2) is 11.8 Å². The monoisotopic (exact) mass is 291 g/mol. The molecule has 1 heterocycles. The number of carbonyl (C=O) groups is 1. The van der Waals surface area contributed by atoms with Crippen molar-refractivity contribution >= 4 is 5.91 Å². The van der Waals surface area contributed by atoms with Crippen LogP contribution >= 0.6 is 0 Å². The van der Waals surface area contributed by atoms with Gasteiger partial charge in [-0.15, -0.1) is 0 Å². The average Bonchev–Trinajstić information content (AvgIpc) is 2.99. The molecule has 1 aliphatic carbocycles. The molecule has 1 amide bonds. The van der Waals surface area contributed by atoms with E-state index in [1.54, 1.807) is 6.20 Å². The summed E-state index contributed by atoms with van der Waals surface area (Å²) in [6.45, 7) is 0.998. The van der Waals surface area contributed by atoms with Crippen LogP contribution in [0.3, 0.4) is 0 Å². The van der Waals surface area contributed by atoms with Crippen LogP contribution in [-0.2, 0) is 4.79 Å². The van der Waals surface area contributed by atoms with Gasteiger partial charge in [0.1, 0.15) is 11.6 Å². The van der Waals surface area contributed by atoms with E-state index in [1.165, 1.54) is 0 Å². The van der Waals surface area contributed by atoms with Crippen molar-refractivity contribution in [2.75, 3.05) is 13.2 Å². The summed E-state index contributed by atoms with van der Waals surface area (Å²) in [7, 11) is 0. The summed E-state index contributed by atoms with van der Waals surface area (Å²) in [5.74, 6) is -0.252. The maximum absolute atomic E-state index is 12.2. The maximum atomic E-state index is 12.2. The molecule has 1 saturated carbocycles. The Labute approximate surface area is 126 Å². The quantitative estimate of drug-likeness (QED) is 0.597. The fourth-order valence-corrected chi connectivity index (χ4v) is 3.29. The molecule has 0 radical (unpaired) electrons. The second-order valence-electron chi connectivity index (χ2n) is 6.01. The Balaban J connectivity index is 2.00. The fourth-order valence-electron chi connectivity index (χ4n) is 3.29. The minimum absolute atomic E-state index is 0.144. The Morgan fingerprint density at radius 1 is 1.29 bits per heavy atom. The minimum Gasteiger partial charge on any atom is -0.396 e. The SMILES string of the molecule is N#C/C(=C/N1CCCCC1CCO)C(=O)NC1CCCC1. The maximum Gasteiger partial charge on any atom is 0.263 e. The number of carbonyl (C=O) groups excluding carboxylic acids is 1. The summed E-state index contributed by atoms with van der Waals surface area (Å²) in [6, 6.07) is 2.50. The number of nitrogens with zero attached hydrogens (tertiary/aromatic N) is 2. The number of nitriles is 1. The third-order valence-electron chi connectivity index (χ3n) is 4.49. The Morgan fingerprint density at radius 3 is 2.67 bits per heavy atom. The van der Waals surface area contributed by atoms with Crippen LogP contribution in [0.1, 0.15) is 51.4 Å². The van der Waals surface area contributed by atoms with Gasteiger partial charge in [0.2, 0.25) is 0 Å². The predicted octanol–water partition coefficient (Wildman–Crippen LogP) is 1.69. The third kappa shape index (κ3) is 4.47. The van der Waals surface area contributed by atoms with Crippen LogP contribution in [0.2, 0.25) is 0 Å². The molecule has 0 aromatic rings. The first-order valence-electron chi connectivity index (χ1n) is 8.04. The molecule has 5 nitrogen and oxygen atoms in total. The largest absolute Gasteiger partial charge is 0.396 e. The number of hydrogen-bond acceptors (Lipinski definition) is 4. The number of rotatable bonds is 5. The van der Waals surface area contributed by atoms with Crippen molar-refractivity contribution < 1.29 is 9.90 Å². The number of hydrogen-bond donors (Lipinski definition) is 2. The highest BCUT2D eigenvalue weighted by atomic mass is 16.3. The van der Waals surface area contributed by atoms with Crippen LogP contribution in [-0.4, -0.2) is 41.1 Å². The summed E-state index contributed by atoms with van der Waals surface area (Å²) in [5, 5.41) is 21.4. The van der Waals surface area contributed by atoms with Gasteiger partial charge in [0.15, 0.2) is 0 Å². The molecule has 0 aromatic heterocycles. The van der Waals surface area contributed by atoms with Crippen molar-refractivity contribution in [2.45, 2.75) is 63.5 Å². The van der Waals surface area contributed by atoms with E-state index < -0.39 is 0 Å². The Morgan fingerprint density at radius 2 is 2.00 bits per heavy atom. The highest BCUT2D eigenvalue weighted by molar-refractivity contribution is 5.97. The van der Waals surface area contributed by atoms with Crippen molar-refractivity contribution in [2.24, 2.45) is 0 Å². The van der Waals surface area contributed by atoms with Gasteiger partial charge in [0.25, 0.3) is 5.91 Å². The van der Waals surface area contributed by atoms with Gasteiger partial charge in [-0.2, -0.15) is 5.26 Å². The zero-order chi connectivity index (χ0) is 15.1. The molecule has 21 heavy (non-hydrogen) atoms. The average molecular weight is 291 g/mol. The number of amides is 1. The number of nitrogens with one attached hydrogen (secondary N) is 1. The lowest BCUT2D eigenvalue weighted by Crippen LogP contribution is -2.38. The summed E-state index contributed by atoms with van der Waals surface area (Å²) in [6.07, 6.45) is 9.96. The predicted molar refractivity (Wildman–Crippen MR) is 80.1 cm³/mol. The van der Waals surface area contributed by atoms with E-state index in [9.17, 15) is 10.1 Å². The highest BCUT2D eigenvalue weighted by Crippen LogP contribution is 2.21. The van der Waals surface area contributed by atoms with Gasteiger partial charge in [0.05, 0.1) is 0 Å². The molecule has 2 aliphatic rings. The number of likely N-dealkylation sites (tertiary alicyclic amines) is 1. The van der Waals surface area contributed by atoms with Gasteiger partial charge >= 0.3 is 0 Å². The number of aliphatic hydroxyl groups excluding tert-OH is 1. The zero-order valence-corrected chi connectivity index (χ0v) is 12.6. The number of aliphatic hydroxyl groups is 1. The molecule has 0 spiro atoms. The molecule has 5 heteroatoms. The van der Waals surface area contributed by atoms with E-state index in [0.717, 1.165) is 51.5 Å². The molecule has 2 N–H and O–H groups in total. The van der Waals surface area contributed by atoms with E-state index in [4.69, 9.17) is 5.11 Å². The lowest BCUT2D eigenvalue weighted by molar-refractivity contribution is -0.117. The summed E-state index contributed by atoms with van der Waals surface area (Å²) in [4.78, 5) is 14.3. The van der Waals surface area contributed by atoms with E-state index in [-0.39, 0.29) is 30.2 Å². The van der Waals surface area contributed by atoms with E-state index >= 15 is 0 Å². The van der Waals surface area contributed by atoms with Gasteiger partial charge < -0.3 is 15.3 Å². The first-order chi connectivity index (χ1) is 10.2. The first-order valence-corrected chi connectivity index (χ1v) is 8.04. The van der Waals surface area contributed by atoms with Crippen molar-refractivity contribution in [1.29, 1.82) is 5.26 Å². The van der Waals surface area contributed by atoms with Crippen LogP contribution in [0.4, 0.5) is 0 Å². The Kier molecular flexibility index (Phi) is 6.06. The van der Waals surface area contributed by atoms with Gasteiger partial charge in [-0.1, -0.05) is 12.8 Å². The summed E-state index contributed by atoms with van der Waals surface area (Å²) >= 11 is 0. The van der Waals surface area contributed by atoms with Crippen molar-refractivity contribution in [1.82, 2.24) is 10.2 Å². The van der Waals surface area contributed by atoms with Crippen molar-refractivity contribution in [3.8, 4) is 6.07 Å². The molecule has 1 saturated heterocycles. The van der Waals surface area contributed by atoms with Gasteiger partial charge in [0, 0.05) is 31.4 Å². The van der Waals surface area contributed by atoms with Crippen LogP contribution in [0, 0.1) is 11.3 Å². The zero-order valence-electron chi connectivity index (χ0n) is 12.6. The molecule has 2 rings (SSSR count). The smallest absolute Gasteiger partial charge is 0.263 e. The second kappa shape index (κ2) is 8.04. The Bertz CT molecular complexity index is 420. The molecular weight excluding hydrogens is 266 g/mol. The van der Waals surface area contributed by atoms with E-state index in [1.807, 2.05) is 6.07 Å². The van der Waals surface area contributed by atoms with Crippen LogP contribution in [0.25, 0.3) is 0 Å². The summed E-state index contributed by atoms with van der Waals surface area (Å²) in [5.41, 5.74) is 0.187. The van der Waals surface area contributed by atoms with Crippen LogP contribution in [0.5, 0.6) is 0 Å². The number of piperidine rings is 1. The second-order valence-corrected chi connectivity index (χ2v) is 6.01. The standard InChI is InChI=1S/C16H25N3O2/c17-11-13(16(21)18-14-5-1-2-6-14)12-19-9-4-3-7-15(19)8-10-20/h12,14-15,20H,1-10H2,(H,18,21)/b13-12-. The normalized spacial score (nSPS) is 23.9. The minimum atomic E-state index is -0.252. The Hall–Kier alpha value is -1.54. The van der Waals surface area contributed by atoms with E-state index in [0.29, 0.717) is 6.42 Å². The first kappa shape index (κ1) is 15.8. The third-order valence-corrected chi connectivity index (χ3v) is 4.49. The molecule has 0 aromatic carbocycles. The molecule has 1 atom stereocenters. The van der Waals surface area contributed by atoms with Gasteiger partial charge in [-0.3, -0.25) is 4.79 Å². The molecule has 1 unspecified atom stereocenters. The molecule has 0 bridgehead atoms. The van der Waals surface area contributed by atoms with Crippen molar-refractivity contribution in [3.05, 3.63) is 11.8 Å². The van der Waals surface area contributed by atoms with Gasteiger partial charge in [-0.25, -0.2) is 0 Å². The summed E-state index contributed by atoms with van der Waals surface area (Å²) < 4.78 is 0. The molecule has 1 aliphatic heterocycles. The van der Waals surface area contributed by atoms with E-state index in [2.05, 4.69) is 10.2 Å².